The van der Waals surface area contributed by atoms with Crippen LogP contribution in [0.15, 0.2) is 41.7 Å². The fourth-order valence-electron chi connectivity index (χ4n) is 1.54. The van der Waals surface area contributed by atoms with Crippen LogP contribution < -0.4 is 0 Å². The molecule has 19 heavy (non-hydrogen) atoms. The third kappa shape index (κ3) is 3.61. The molecule has 3 nitrogen and oxygen atoms in total. The van der Waals surface area contributed by atoms with Gasteiger partial charge in [-0.25, -0.2) is 14.4 Å². The lowest BCUT2D eigenvalue weighted by Gasteiger charge is -2.09. The van der Waals surface area contributed by atoms with Gasteiger partial charge in [-0.1, -0.05) is 11.8 Å². The van der Waals surface area contributed by atoms with Gasteiger partial charge in [0.1, 0.15) is 5.82 Å². The molecule has 0 aliphatic rings. The number of hydrogen-bond donors (Lipinski definition) is 0. The van der Waals surface area contributed by atoms with Crippen LogP contribution in [0.3, 0.4) is 0 Å². The molecule has 1 aromatic carbocycles. The summed E-state index contributed by atoms with van der Waals surface area (Å²) in [6.07, 6.45) is 1.67. The van der Waals surface area contributed by atoms with Crippen molar-refractivity contribution >= 4 is 17.5 Å². The second kappa shape index (κ2) is 5.93. The molecule has 0 amide bonds. The zero-order chi connectivity index (χ0) is 13.8. The Morgan fingerprint density at radius 3 is 2.58 bits per heavy atom. The highest BCUT2D eigenvalue weighted by atomic mass is 32.2. The highest BCUT2D eigenvalue weighted by molar-refractivity contribution is 8.00. The van der Waals surface area contributed by atoms with E-state index in [0.29, 0.717) is 10.7 Å². The van der Waals surface area contributed by atoms with Gasteiger partial charge in [0, 0.05) is 17.5 Å². The number of carbonyl (C=O) groups is 1. The van der Waals surface area contributed by atoms with Crippen LogP contribution in [0.25, 0.3) is 0 Å². The first kappa shape index (κ1) is 13.7. The summed E-state index contributed by atoms with van der Waals surface area (Å²) in [5, 5.41) is 0.259. The van der Waals surface area contributed by atoms with E-state index in [1.807, 2.05) is 6.92 Å². The number of carbonyl (C=O) groups excluding carboxylic acids is 1. The molecule has 0 fully saturated rings. The second-order valence-corrected chi connectivity index (χ2v) is 5.42. The van der Waals surface area contributed by atoms with Gasteiger partial charge in [-0.05, 0) is 44.2 Å². The Kier molecular flexibility index (Phi) is 4.27. The van der Waals surface area contributed by atoms with Gasteiger partial charge in [0.05, 0.1) is 5.25 Å². The van der Waals surface area contributed by atoms with E-state index in [2.05, 4.69) is 9.97 Å². The van der Waals surface area contributed by atoms with Crippen molar-refractivity contribution < 1.29 is 9.18 Å². The molecule has 0 N–H and O–H groups in total. The predicted octanol–water partition coefficient (Wildman–Crippen LogP) is 3.29. The Morgan fingerprint density at radius 1 is 1.26 bits per heavy atom. The molecule has 98 valence electrons. The number of nitrogens with zero attached hydrogens (tertiary/aromatic N) is 2. The van der Waals surface area contributed by atoms with Crippen LogP contribution in [0.1, 0.15) is 23.0 Å². The summed E-state index contributed by atoms with van der Waals surface area (Å²) >= 11 is 1.30. The molecule has 5 heteroatoms. The normalized spacial score (nSPS) is 12.2. The first-order valence-electron chi connectivity index (χ1n) is 5.82. The van der Waals surface area contributed by atoms with Crippen LogP contribution in [-0.2, 0) is 0 Å². The molecule has 1 atom stereocenters. The standard InChI is InChI=1S/C14H13FN2OS/c1-9-7-8-16-14(17-9)19-10(2)13(18)11-3-5-12(15)6-4-11/h3-8,10H,1-2H3. The fraction of sp³-hybridized carbons (Fsp3) is 0.214. The third-order valence-corrected chi connectivity index (χ3v) is 3.53. The van der Waals surface area contributed by atoms with Gasteiger partial charge in [0.25, 0.3) is 0 Å². The average Bonchev–Trinajstić information content (AvgIpc) is 2.39. The van der Waals surface area contributed by atoms with E-state index in [0.717, 1.165) is 5.69 Å². The highest BCUT2D eigenvalue weighted by Gasteiger charge is 2.17. The zero-order valence-electron chi connectivity index (χ0n) is 10.6. The molecule has 0 saturated heterocycles. The van der Waals surface area contributed by atoms with E-state index in [4.69, 9.17) is 0 Å². The summed E-state index contributed by atoms with van der Waals surface area (Å²) in [5.41, 5.74) is 1.35. The molecule has 0 aliphatic heterocycles. The molecule has 0 spiro atoms. The van der Waals surface area contributed by atoms with Crippen molar-refractivity contribution in [3.63, 3.8) is 0 Å². The number of aromatic nitrogens is 2. The minimum absolute atomic E-state index is 0.0601. The first-order chi connectivity index (χ1) is 9.06. The molecular formula is C14H13FN2OS. The molecular weight excluding hydrogens is 263 g/mol. The Bertz CT molecular complexity index is 586. The third-order valence-electron chi connectivity index (χ3n) is 2.55. The van der Waals surface area contributed by atoms with Crippen molar-refractivity contribution in [1.82, 2.24) is 9.97 Å². The van der Waals surface area contributed by atoms with Crippen LogP contribution in [0.5, 0.6) is 0 Å². The molecule has 1 aromatic heterocycles. The summed E-state index contributed by atoms with van der Waals surface area (Å²) in [7, 11) is 0. The van der Waals surface area contributed by atoms with Gasteiger partial charge in [0.15, 0.2) is 10.9 Å². The Labute approximate surface area is 115 Å². The van der Waals surface area contributed by atoms with E-state index in [9.17, 15) is 9.18 Å². The number of ketones is 1. The highest BCUT2D eigenvalue weighted by Crippen LogP contribution is 2.22. The summed E-state index contributed by atoms with van der Waals surface area (Å²) in [4.78, 5) is 20.5. The number of aryl methyl sites for hydroxylation is 1. The molecule has 0 saturated carbocycles. The van der Waals surface area contributed by atoms with E-state index in [1.165, 1.54) is 36.0 Å². The molecule has 1 unspecified atom stereocenters. The topological polar surface area (TPSA) is 42.9 Å². The van der Waals surface area contributed by atoms with Gasteiger partial charge >= 0.3 is 0 Å². The second-order valence-electron chi connectivity index (χ2n) is 4.11. The lowest BCUT2D eigenvalue weighted by Crippen LogP contribution is -2.14. The molecule has 0 bridgehead atoms. The van der Waals surface area contributed by atoms with E-state index in [1.54, 1.807) is 19.2 Å². The number of rotatable bonds is 4. The van der Waals surface area contributed by atoms with Gasteiger partial charge in [-0.15, -0.1) is 0 Å². The van der Waals surface area contributed by atoms with Crippen molar-refractivity contribution in [3.05, 3.63) is 53.6 Å². The van der Waals surface area contributed by atoms with Crippen LogP contribution in [0.2, 0.25) is 0 Å². The molecule has 0 aliphatic carbocycles. The van der Waals surface area contributed by atoms with Crippen molar-refractivity contribution in [1.29, 1.82) is 0 Å². The van der Waals surface area contributed by atoms with Crippen LogP contribution in [-0.4, -0.2) is 21.0 Å². The Balaban J connectivity index is 2.09. The first-order valence-corrected chi connectivity index (χ1v) is 6.70. The number of thioether (sulfide) groups is 1. The number of halogens is 1. The minimum Gasteiger partial charge on any atom is -0.293 e. The molecule has 1 heterocycles. The largest absolute Gasteiger partial charge is 0.293 e. The van der Waals surface area contributed by atoms with Gasteiger partial charge in [0.2, 0.25) is 0 Å². The Morgan fingerprint density at radius 2 is 1.95 bits per heavy atom. The molecule has 2 rings (SSSR count). The summed E-state index contributed by atoms with van der Waals surface area (Å²) < 4.78 is 12.8. The van der Waals surface area contributed by atoms with Crippen molar-refractivity contribution in [3.8, 4) is 0 Å². The van der Waals surface area contributed by atoms with E-state index < -0.39 is 0 Å². The van der Waals surface area contributed by atoms with E-state index in [-0.39, 0.29) is 16.9 Å². The molecule has 0 radical (unpaired) electrons. The van der Waals surface area contributed by atoms with E-state index >= 15 is 0 Å². The van der Waals surface area contributed by atoms with Gasteiger partial charge < -0.3 is 0 Å². The van der Waals surface area contributed by atoms with Crippen molar-refractivity contribution in [2.45, 2.75) is 24.3 Å². The molecule has 2 aromatic rings. The summed E-state index contributed by atoms with van der Waals surface area (Å²) in [6, 6.07) is 7.36. The summed E-state index contributed by atoms with van der Waals surface area (Å²) in [5.74, 6) is -0.408. The lowest BCUT2D eigenvalue weighted by molar-refractivity contribution is 0.0994. The van der Waals surface area contributed by atoms with Crippen LogP contribution in [0, 0.1) is 12.7 Å². The SMILES string of the molecule is Cc1ccnc(SC(C)C(=O)c2ccc(F)cc2)n1. The maximum atomic E-state index is 12.8. The van der Waals surface area contributed by atoms with Crippen LogP contribution >= 0.6 is 11.8 Å². The number of benzene rings is 1. The van der Waals surface area contributed by atoms with Gasteiger partial charge in [-0.2, -0.15) is 0 Å². The summed E-state index contributed by atoms with van der Waals surface area (Å²) in [6.45, 7) is 3.67. The predicted molar refractivity (Wildman–Crippen MR) is 72.8 cm³/mol. The number of hydrogen-bond acceptors (Lipinski definition) is 4. The number of Topliss-reactive ketones (excluding diaryl/α,β-unsaturated/α-hetero) is 1. The minimum atomic E-state index is -0.348. The average molecular weight is 276 g/mol. The van der Waals surface area contributed by atoms with Crippen LogP contribution in [0.4, 0.5) is 4.39 Å². The quantitative estimate of drug-likeness (QED) is 0.488. The van der Waals surface area contributed by atoms with Crippen molar-refractivity contribution in [2.75, 3.05) is 0 Å². The fourth-order valence-corrected chi connectivity index (χ4v) is 2.42. The van der Waals surface area contributed by atoms with Gasteiger partial charge in [-0.3, -0.25) is 4.79 Å². The lowest BCUT2D eigenvalue weighted by atomic mass is 10.1. The van der Waals surface area contributed by atoms with Crippen molar-refractivity contribution in [2.24, 2.45) is 0 Å². The smallest absolute Gasteiger partial charge is 0.188 e. The zero-order valence-corrected chi connectivity index (χ0v) is 11.4. The Hall–Kier alpha value is -1.75. The maximum absolute atomic E-state index is 12.8. The maximum Gasteiger partial charge on any atom is 0.188 e. The monoisotopic (exact) mass is 276 g/mol.